The molecule has 6 nitrogen and oxygen atoms in total. The Labute approximate surface area is 152 Å². The summed E-state index contributed by atoms with van der Waals surface area (Å²) in [6.07, 6.45) is -0.266. The lowest BCUT2D eigenvalue weighted by molar-refractivity contribution is -0.122. The Morgan fingerprint density at radius 1 is 0.923 bits per heavy atom. The second-order valence-corrected chi connectivity index (χ2v) is 5.81. The molecule has 0 unspecified atom stereocenters. The molecule has 0 aromatic heterocycles. The molecule has 2 amide bonds. The highest BCUT2D eigenvalue weighted by Crippen LogP contribution is 2.17. The van der Waals surface area contributed by atoms with Gasteiger partial charge in [-0.15, -0.1) is 0 Å². The minimum absolute atomic E-state index is 0.0602. The van der Waals surface area contributed by atoms with Crippen LogP contribution in [0.15, 0.2) is 48.5 Å². The highest BCUT2D eigenvalue weighted by Gasteiger charge is 2.15. The van der Waals surface area contributed by atoms with Gasteiger partial charge in [0.25, 0.3) is 5.91 Å². The largest absolute Gasteiger partial charge is 0.481 e. The number of hydrogen-bond donors (Lipinski definition) is 2. The predicted octanol–water partition coefficient (Wildman–Crippen LogP) is 3.64. The van der Waals surface area contributed by atoms with E-state index in [0.29, 0.717) is 29.1 Å². The molecule has 0 heterocycles. The first-order chi connectivity index (χ1) is 12.4. The van der Waals surface area contributed by atoms with E-state index < -0.39 is 6.10 Å². The van der Waals surface area contributed by atoms with E-state index in [1.54, 1.807) is 55.5 Å². The molecule has 0 fully saturated rings. The van der Waals surface area contributed by atoms with Crippen LogP contribution >= 0.6 is 0 Å². The highest BCUT2D eigenvalue weighted by molar-refractivity contribution is 5.96. The van der Waals surface area contributed by atoms with Crippen molar-refractivity contribution in [1.82, 2.24) is 0 Å². The first-order valence-electron chi connectivity index (χ1n) is 8.37. The van der Waals surface area contributed by atoms with Gasteiger partial charge in [-0.05, 0) is 55.5 Å². The molecule has 0 radical (unpaired) electrons. The molecule has 0 aliphatic carbocycles. The number of benzene rings is 2. The number of nitrogens with one attached hydrogen (secondary N) is 2. The molecule has 0 spiro atoms. The number of rotatable bonds is 7. The monoisotopic (exact) mass is 354 g/mol. The predicted molar refractivity (Wildman–Crippen MR) is 101 cm³/mol. The summed E-state index contributed by atoms with van der Waals surface area (Å²) in [7, 11) is 0. The molecule has 0 aliphatic heterocycles. The molecule has 1 atom stereocenters. The Morgan fingerprint density at radius 3 is 1.96 bits per heavy atom. The molecule has 0 saturated carbocycles. The summed E-state index contributed by atoms with van der Waals surface area (Å²) in [4.78, 5) is 34.9. The Balaban J connectivity index is 1.92. The van der Waals surface area contributed by atoms with E-state index in [1.165, 1.54) is 6.92 Å². The van der Waals surface area contributed by atoms with Gasteiger partial charge in [0.2, 0.25) is 5.91 Å². The fourth-order valence-electron chi connectivity index (χ4n) is 2.27. The second-order valence-electron chi connectivity index (χ2n) is 5.81. The van der Waals surface area contributed by atoms with Gasteiger partial charge < -0.3 is 15.4 Å². The molecule has 0 bridgehead atoms. The normalized spacial score (nSPS) is 11.3. The van der Waals surface area contributed by atoms with Gasteiger partial charge in [0.05, 0.1) is 0 Å². The number of ether oxygens (including phenoxy) is 1. The first-order valence-corrected chi connectivity index (χ1v) is 8.37. The molecular weight excluding hydrogens is 332 g/mol. The molecule has 2 aromatic rings. The average Bonchev–Trinajstić information content (AvgIpc) is 2.62. The maximum Gasteiger partial charge on any atom is 0.265 e. The van der Waals surface area contributed by atoms with Crippen molar-refractivity contribution in [3.8, 4) is 5.75 Å². The number of anilines is 2. The van der Waals surface area contributed by atoms with Crippen LogP contribution in [0.4, 0.5) is 11.4 Å². The van der Waals surface area contributed by atoms with E-state index in [4.69, 9.17) is 4.74 Å². The lowest BCUT2D eigenvalue weighted by Gasteiger charge is -2.15. The molecule has 2 N–H and O–H groups in total. The highest BCUT2D eigenvalue weighted by atomic mass is 16.5. The molecular formula is C20H22N2O4. The van der Waals surface area contributed by atoms with Crippen molar-refractivity contribution >= 4 is 29.0 Å². The Kier molecular flexibility index (Phi) is 6.49. The number of amides is 2. The third kappa shape index (κ3) is 5.44. The average molecular weight is 354 g/mol. The summed E-state index contributed by atoms with van der Waals surface area (Å²) in [5.74, 6) is 0.118. The van der Waals surface area contributed by atoms with Crippen LogP contribution in [0.2, 0.25) is 0 Å². The molecule has 26 heavy (non-hydrogen) atoms. The van der Waals surface area contributed by atoms with Crippen LogP contribution in [0.5, 0.6) is 5.75 Å². The summed E-state index contributed by atoms with van der Waals surface area (Å²) < 4.78 is 5.61. The van der Waals surface area contributed by atoms with Crippen molar-refractivity contribution in [3.63, 3.8) is 0 Å². The standard InChI is InChI=1S/C20H22N2O4/c1-4-19(24)15-5-11-18(12-6-15)26-13(2)20(25)22-17-9-7-16(8-10-17)21-14(3)23/h5-13H,4H2,1-3H3,(H,21,23)(H,22,25)/t13-/m0/s1. The van der Waals surface area contributed by atoms with Crippen molar-refractivity contribution in [3.05, 3.63) is 54.1 Å². The van der Waals surface area contributed by atoms with Crippen molar-refractivity contribution in [2.24, 2.45) is 0 Å². The number of hydrogen-bond acceptors (Lipinski definition) is 4. The van der Waals surface area contributed by atoms with Crippen LogP contribution in [0, 0.1) is 0 Å². The van der Waals surface area contributed by atoms with E-state index in [9.17, 15) is 14.4 Å². The fourth-order valence-corrected chi connectivity index (χ4v) is 2.27. The third-order valence-corrected chi connectivity index (χ3v) is 3.65. The van der Waals surface area contributed by atoms with Gasteiger partial charge in [-0.2, -0.15) is 0 Å². The smallest absolute Gasteiger partial charge is 0.265 e. The van der Waals surface area contributed by atoms with Crippen LogP contribution in [0.1, 0.15) is 37.6 Å². The van der Waals surface area contributed by atoms with Crippen LogP contribution < -0.4 is 15.4 Å². The quantitative estimate of drug-likeness (QED) is 0.744. The van der Waals surface area contributed by atoms with E-state index in [0.717, 1.165) is 0 Å². The van der Waals surface area contributed by atoms with Gasteiger partial charge in [0, 0.05) is 30.3 Å². The maximum atomic E-state index is 12.2. The SMILES string of the molecule is CCC(=O)c1ccc(O[C@@H](C)C(=O)Nc2ccc(NC(C)=O)cc2)cc1. The topological polar surface area (TPSA) is 84.5 Å². The van der Waals surface area contributed by atoms with E-state index in [-0.39, 0.29) is 17.6 Å². The van der Waals surface area contributed by atoms with Gasteiger partial charge in [-0.3, -0.25) is 14.4 Å². The van der Waals surface area contributed by atoms with Crippen molar-refractivity contribution in [2.45, 2.75) is 33.3 Å². The van der Waals surface area contributed by atoms with Crippen LogP contribution in [-0.2, 0) is 9.59 Å². The van der Waals surface area contributed by atoms with Gasteiger partial charge in [0.1, 0.15) is 5.75 Å². The van der Waals surface area contributed by atoms with Crippen LogP contribution in [0.3, 0.4) is 0 Å². The summed E-state index contributed by atoms with van der Waals surface area (Å²) >= 11 is 0. The van der Waals surface area contributed by atoms with E-state index in [1.807, 2.05) is 6.92 Å². The van der Waals surface area contributed by atoms with E-state index in [2.05, 4.69) is 10.6 Å². The zero-order chi connectivity index (χ0) is 19.1. The minimum Gasteiger partial charge on any atom is -0.481 e. The Morgan fingerprint density at radius 2 is 1.46 bits per heavy atom. The second kappa shape index (κ2) is 8.80. The third-order valence-electron chi connectivity index (χ3n) is 3.65. The Bertz CT molecular complexity index is 782. The first kappa shape index (κ1) is 19.2. The summed E-state index contributed by atoms with van der Waals surface area (Å²) in [5, 5.41) is 5.41. The van der Waals surface area contributed by atoms with E-state index >= 15 is 0 Å². The van der Waals surface area contributed by atoms with Gasteiger partial charge in [-0.1, -0.05) is 6.92 Å². The molecule has 0 aliphatic rings. The lowest BCUT2D eigenvalue weighted by atomic mass is 10.1. The molecule has 2 aromatic carbocycles. The summed E-state index contributed by atoms with van der Waals surface area (Å²) in [6, 6.07) is 13.5. The number of carbonyl (C=O) groups is 3. The van der Waals surface area contributed by atoms with Crippen molar-refractivity contribution < 1.29 is 19.1 Å². The van der Waals surface area contributed by atoms with Crippen LogP contribution in [0.25, 0.3) is 0 Å². The zero-order valence-corrected chi connectivity index (χ0v) is 15.0. The number of ketones is 1. The lowest BCUT2D eigenvalue weighted by Crippen LogP contribution is -2.30. The van der Waals surface area contributed by atoms with Crippen LogP contribution in [-0.4, -0.2) is 23.7 Å². The Hall–Kier alpha value is -3.15. The summed E-state index contributed by atoms with van der Waals surface area (Å²) in [5.41, 5.74) is 1.88. The maximum absolute atomic E-state index is 12.2. The zero-order valence-electron chi connectivity index (χ0n) is 15.0. The summed E-state index contributed by atoms with van der Waals surface area (Å²) in [6.45, 7) is 4.88. The van der Waals surface area contributed by atoms with Gasteiger partial charge >= 0.3 is 0 Å². The van der Waals surface area contributed by atoms with Gasteiger partial charge in [0.15, 0.2) is 11.9 Å². The molecule has 6 heteroatoms. The van der Waals surface area contributed by atoms with Gasteiger partial charge in [-0.25, -0.2) is 0 Å². The number of carbonyl (C=O) groups excluding carboxylic acids is 3. The molecule has 0 saturated heterocycles. The fraction of sp³-hybridized carbons (Fsp3) is 0.250. The minimum atomic E-state index is -0.710. The van der Waals surface area contributed by atoms with Crippen molar-refractivity contribution in [2.75, 3.05) is 10.6 Å². The molecule has 136 valence electrons. The number of Topliss-reactive ketones (excluding diaryl/α,β-unsaturated/α-hetero) is 1. The van der Waals surface area contributed by atoms with Crippen molar-refractivity contribution in [1.29, 1.82) is 0 Å². The molecule has 2 rings (SSSR count).